The van der Waals surface area contributed by atoms with Gasteiger partial charge in [-0.05, 0) is 58.2 Å². The van der Waals surface area contributed by atoms with Crippen LogP contribution in [0.15, 0.2) is 48.5 Å². The maximum absolute atomic E-state index is 13.5. The fraction of sp³-hybridized carbons (Fsp3) is 0.400. The lowest BCUT2D eigenvalue weighted by Gasteiger charge is -2.32. The third-order valence-corrected chi connectivity index (χ3v) is 5.17. The summed E-state index contributed by atoms with van der Waals surface area (Å²) in [5, 5.41) is 15.9. The molecule has 8 nitrogen and oxygen atoms in total. The highest BCUT2D eigenvalue weighted by atomic mass is 16.6. The number of phenolic OH excluding ortho intramolecular Hbond substituents is 1. The first-order chi connectivity index (χ1) is 15.6. The Hall–Kier alpha value is -3.55. The molecule has 0 radical (unpaired) electrons. The minimum absolute atomic E-state index is 0.0824. The largest absolute Gasteiger partial charge is 0.508 e. The summed E-state index contributed by atoms with van der Waals surface area (Å²) in [7, 11) is 0. The van der Waals surface area contributed by atoms with E-state index in [1.807, 2.05) is 25.1 Å². The predicted molar refractivity (Wildman–Crippen MR) is 125 cm³/mol. The monoisotopic (exact) mass is 453 g/mol. The second kappa shape index (κ2) is 9.94. The molecule has 1 aliphatic rings. The van der Waals surface area contributed by atoms with Gasteiger partial charge in [0, 0.05) is 17.3 Å². The van der Waals surface area contributed by atoms with Crippen molar-refractivity contribution < 1.29 is 24.2 Å². The van der Waals surface area contributed by atoms with Gasteiger partial charge >= 0.3 is 6.09 Å². The number of para-hydroxylation sites is 2. The van der Waals surface area contributed by atoms with Crippen LogP contribution in [0.1, 0.15) is 50.8 Å². The molecule has 0 aromatic heterocycles. The van der Waals surface area contributed by atoms with E-state index in [0.717, 1.165) is 18.4 Å². The summed E-state index contributed by atoms with van der Waals surface area (Å²) in [5.74, 6) is -0.958. The number of anilines is 1. The van der Waals surface area contributed by atoms with Crippen molar-refractivity contribution >= 4 is 23.6 Å². The summed E-state index contributed by atoms with van der Waals surface area (Å²) in [6.07, 6.45) is 0.759. The molecule has 176 valence electrons. The van der Waals surface area contributed by atoms with Gasteiger partial charge < -0.3 is 25.4 Å². The highest BCUT2D eigenvalue weighted by Crippen LogP contribution is 2.38. The molecular weight excluding hydrogens is 422 g/mol. The van der Waals surface area contributed by atoms with Crippen LogP contribution in [0.25, 0.3) is 0 Å². The summed E-state index contributed by atoms with van der Waals surface area (Å²) in [6, 6.07) is 12.6. The van der Waals surface area contributed by atoms with E-state index in [0.29, 0.717) is 11.3 Å². The smallest absolute Gasteiger partial charge is 0.408 e. The topological polar surface area (TPSA) is 108 Å². The second-order valence-electron chi connectivity index (χ2n) is 9.15. The maximum atomic E-state index is 13.5. The summed E-state index contributed by atoms with van der Waals surface area (Å²) in [4.78, 5) is 40.2. The van der Waals surface area contributed by atoms with E-state index in [9.17, 15) is 19.5 Å². The van der Waals surface area contributed by atoms with Crippen molar-refractivity contribution in [3.05, 3.63) is 59.7 Å². The van der Waals surface area contributed by atoms with Gasteiger partial charge in [-0.3, -0.25) is 9.59 Å². The van der Waals surface area contributed by atoms with Gasteiger partial charge in [-0.15, -0.1) is 0 Å². The predicted octanol–water partition coefficient (Wildman–Crippen LogP) is 3.90. The summed E-state index contributed by atoms with van der Waals surface area (Å²) in [6.45, 7) is 6.74. The molecule has 2 aromatic carbocycles. The molecule has 0 aliphatic heterocycles. The Kier molecular flexibility index (Phi) is 7.26. The van der Waals surface area contributed by atoms with Crippen LogP contribution in [-0.2, 0) is 14.3 Å². The van der Waals surface area contributed by atoms with Crippen LogP contribution >= 0.6 is 0 Å². The van der Waals surface area contributed by atoms with Gasteiger partial charge in [-0.25, -0.2) is 4.79 Å². The molecule has 0 bridgehead atoms. The molecule has 1 atom stereocenters. The molecule has 2 aromatic rings. The fourth-order valence-corrected chi connectivity index (χ4v) is 3.51. The molecule has 33 heavy (non-hydrogen) atoms. The molecule has 0 heterocycles. The van der Waals surface area contributed by atoms with Crippen LogP contribution in [0, 0.1) is 6.92 Å². The zero-order chi connectivity index (χ0) is 24.2. The lowest BCUT2D eigenvalue weighted by Crippen LogP contribution is -2.47. The van der Waals surface area contributed by atoms with Crippen LogP contribution in [0.2, 0.25) is 0 Å². The van der Waals surface area contributed by atoms with E-state index in [4.69, 9.17) is 4.74 Å². The van der Waals surface area contributed by atoms with E-state index < -0.39 is 29.6 Å². The summed E-state index contributed by atoms with van der Waals surface area (Å²) in [5.41, 5.74) is 1.12. The highest BCUT2D eigenvalue weighted by Gasteiger charge is 2.42. The average molecular weight is 454 g/mol. The van der Waals surface area contributed by atoms with Crippen molar-refractivity contribution in [3.63, 3.8) is 0 Å². The van der Waals surface area contributed by atoms with Crippen LogP contribution < -0.4 is 10.6 Å². The molecule has 8 heteroatoms. The standard InChI is InChI=1S/C25H31N3O5/c1-16-9-5-7-11-19(16)27-23(31)22(18-10-6-8-12-20(18)29)28(17-13-14-17)21(30)15-26-24(32)33-25(2,3)4/h5-12,17,22,29H,13-15H2,1-4H3,(H,26,32)(H,27,31). The van der Waals surface area contributed by atoms with E-state index in [2.05, 4.69) is 10.6 Å². The fourth-order valence-electron chi connectivity index (χ4n) is 3.51. The van der Waals surface area contributed by atoms with Gasteiger partial charge in [0.1, 0.15) is 23.9 Å². The van der Waals surface area contributed by atoms with Crippen molar-refractivity contribution in [3.8, 4) is 5.75 Å². The Labute approximate surface area is 193 Å². The number of carbonyl (C=O) groups is 3. The zero-order valence-electron chi connectivity index (χ0n) is 19.4. The van der Waals surface area contributed by atoms with E-state index in [-0.39, 0.29) is 18.3 Å². The van der Waals surface area contributed by atoms with Gasteiger partial charge in [0.15, 0.2) is 0 Å². The van der Waals surface area contributed by atoms with Crippen molar-refractivity contribution in [1.82, 2.24) is 10.2 Å². The number of nitrogens with zero attached hydrogens (tertiary/aromatic N) is 1. The SMILES string of the molecule is Cc1ccccc1NC(=O)C(c1ccccc1O)N(C(=O)CNC(=O)OC(C)(C)C)C1CC1. The number of aryl methyl sites for hydroxylation is 1. The quantitative estimate of drug-likeness (QED) is 0.589. The first-order valence-corrected chi connectivity index (χ1v) is 11.0. The molecule has 0 spiro atoms. The lowest BCUT2D eigenvalue weighted by molar-refractivity contribution is -0.139. The third kappa shape index (κ3) is 6.47. The molecular formula is C25H31N3O5. The van der Waals surface area contributed by atoms with Gasteiger partial charge in [0.25, 0.3) is 5.91 Å². The Morgan fingerprint density at radius 1 is 1.09 bits per heavy atom. The average Bonchev–Trinajstić information content (AvgIpc) is 3.56. The van der Waals surface area contributed by atoms with Crippen LogP contribution in [0.3, 0.4) is 0 Å². The van der Waals surface area contributed by atoms with E-state index in [1.165, 1.54) is 11.0 Å². The van der Waals surface area contributed by atoms with Gasteiger partial charge in [0.2, 0.25) is 5.91 Å². The van der Waals surface area contributed by atoms with Crippen LogP contribution in [0.4, 0.5) is 10.5 Å². The Morgan fingerprint density at radius 3 is 2.33 bits per heavy atom. The van der Waals surface area contributed by atoms with Gasteiger partial charge in [-0.2, -0.15) is 0 Å². The number of hydrogen-bond acceptors (Lipinski definition) is 5. The number of phenols is 1. The summed E-state index contributed by atoms with van der Waals surface area (Å²) < 4.78 is 5.21. The third-order valence-electron chi connectivity index (χ3n) is 5.17. The molecule has 1 unspecified atom stereocenters. The van der Waals surface area contributed by atoms with Crippen molar-refractivity contribution in [2.45, 2.75) is 58.2 Å². The van der Waals surface area contributed by atoms with Gasteiger partial charge in [-0.1, -0.05) is 36.4 Å². The van der Waals surface area contributed by atoms with Crippen LogP contribution in [-0.4, -0.2) is 46.1 Å². The number of amides is 3. The highest BCUT2D eigenvalue weighted by molar-refractivity contribution is 5.99. The molecule has 3 amide bonds. The number of ether oxygens (including phenoxy) is 1. The molecule has 3 rings (SSSR count). The second-order valence-corrected chi connectivity index (χ2v) is 9.15. The normalized spacial score (nSPS) is 14.2. The molecule has 1 saturated carbocycles. The Balaban J connectivity index is 1.88. The number of carbonyl (C=O) groups excluding carboxylic acids is 3. The number of alkyl carbamates (subject to hydrolysis) is 1. The Morgan fingerprint density at radius 2 is 1.73 bits per heavy atom. The van der Waals surface area contributed by atoms with Crippen molar-refractivity contribution in [2.24, 2.45) is 0 Å². The maximum Gasteiger partial charge on any atom is 0.408 e. The van der Waals surface area contributed by atoms with Crippen molar-refractivity contribution in [2.75, 3.05) is 11.9 Å². The summed E-state index contributed by atoms with van der Waals surface area (Å²) >= 11 is 0. The molecule has 1 aliphatic carbocycles. The first kappa shape index (κ1) is 24.1. The minimum atomic E-state index is -1.06. The van der Waals surface area contributed by atoms with Crippen molar-refractivity contribution in [1.29, 1.82) is 0 Å². The van der Waals surface area contributed by atoms with Crippen LogP contribution in [0.5, 0.6) is 5.75 Å². The number of benzene rings is 2. The molecule has 0 saturated heterocycles. The molecule has 3 N–H and O–H groups in total. The zero-order valence-corrected chi connectivity index (χ0v) is 19.4. The Bertz CT molecular complexity index is 1030. The van der Waals surface area contributed by atoms with E-state index in [1.54, 1.807) is 45.0 Å². The number of aromatic hydroxyl groups is 1. The molecule has 1 fully saturated rings. The van der Waals surface area contributed by atoms with E-state index >= 15 is 0 Å². The lowest BCUT2D eigenvalue weighted by atomic mass is 10.0. The van der Waals surface area contributed by atoms with Gasteiger partial charge in [0.05, 0.1) is 0 Å². The minimum Gasteiger partial charge on any atom is -0.508 e. The number of nitrogens with one attached hydrogen (secondary N) is 2. The number of rotatable bonds is 7. The number of hydrogen-bond donors (Lipinski definition) is 3. The first-order valence-electron chi connectivity index (χ1n) is 11.0.